The van der Waals surface area contributed by atoms with Crippen LogP contribution in [0.2, 0.25) is 0 Å². The number of nitrogens with one attached hydrogen (secondary N) is 1. The van der Waals surface area contributed by atoms with Crippen LogP contribution in [0.25, 0.3) is 0 Å². The van der Waals surface area contributed by atoms with Gasteiger partial charge >= 0.3 is 0 Å². The number of non-ortho nitro benzene ring substituents is 1. The molecule has 0 atom stereocenters. The maximum absolute atomic E-state index is 12.0. The molecule has 0 bridgehead atoms. The molecule has 1 N–H and O–H groups in total. The molecule has 0 unspecified atom stereocenters. The zero-order valence-electron chi connectivity index (χ0n) is 16.4. The summed E-state index contributed by atoms with van der Waals surface area (Å²) in [5.74, 6) is 1.25. The molecule has 0 saturated heterocycles. The third-order valence-electron chi connectivity index (χ3n) is 4.25. The van der Waals surface area contributed by atoms with E-state index >= 15 is 0 Å². The summed E-state index contributed by atoms with van der Waals surface area (Å²) < 4.78 is 7.36. The summed E-state index contributed by atoms with van der Waals surface area (Å²) in [7, 11) is 1.80. The van der Waals surface area contributed by atoms with E-state index < -0.39 is 4.92 Å². The molecule has 0 aliphatic heterocycles. The molecule has 0 aliphatic rings. The summed E-state index contributed by atoms with van der Waals surface area (Å²) in [5, 5.41) is 22.4. The molecular weight excluding hydrogens is 406 g/mol. The zero-order chi connectivity index (χ0) is 21.3. The molecule has 0 saturated carbocycles. The van der Waals surface area contributed by atoms with Gasteiger partial charge < -0.3 is 14.6 Å². The number of nitro groups is 1. The minimum atomic E-state index is -0.465. The molecule has 2 aromatic carbocycles. The summed E-state index contributed by atoms with van der Waals surface area (Å²) in [6.45, 7) is 0.738. The van der Waals surface area contributed by atoms with Crippen LogP contribution in [0.5, 0.6) is 5.75 Å². The van der Waals surface area contributed by atoms with Crippen LogP contribution in [0.15, 0.2) is 59.8 Å². The first-order valence-electron chi connectivity index (χ1n) is 9.22. The average molecular weight is 427 g/mol. The lowest BCUT2D eigenvalue weighted by atomic mass is 10.1. The number of rotatable bonds is 10. The Morgan fingerprint density at radius 3 is 2.60 bits per heavy atom. The zero-order valence-corrected chi connectivity index (χ0v) is 17.2. The number of hydrogen-bond donors (Lipinski definition) is 1. The highest BCUT2D eigenvalue weighted by molar-refractivity contribution is 7.99. The number of benzene rings is 2. The minimum absolute atomic E-state index is 0.00161. The lowest BCUT2D eigenvalue weighted by Crippen LogP contribution is -2.27. The fraction of sp³-hybridized carbons (Fsp3) is 0.250. The van der Waals surface area contributed by atoms with Crippen LogP contribution in [-0.2, 0) is 24.9 Å². The molecule has 30 heavy (non-hydrogen) atoms. The molecule has 10 heteroatoms. The summed E-state index contributed by atoms with van der Waals surface area (Å²) in [6, 6.07) is 15.8. The minimum Gasteiger partial charge on any atom is -0.486 e. The standard InChI is InChI=1S/C20H21N5O4S/c1-24-18(13-29-17-9-7-16(8-10-17)25(27)28)22-23-20(24)30-14-19(26)21-12-11-15-5-3-2-4-6-15/h2-10H,11-14H2,1H3,(H,21,26). The van der Waals surface area contributed by atoms with E-state index in [9.17, 15) is 14.9 Å². The van der Waals surface area contributed by atoms with Crippen molar-refractivity contribution >= 4 is 23.4 Å². The number of hydrogen-bond acceptors (Lipinski definition) is 7. The number of carbonyl (C=O) groups excluding carboxylic acids is 1. The molecular formula is C20H21N5O4S. The van der Waals surface area contributed by atoms with Gasteiger partial charge in [0.2, 0.25) is 5.91 Å². The second kappa shape index (κ2) is 10.4. The predicted octanol–water partition coefficient (Wildman–Crippen LogP) is 2.75. The topological polar surface area (TPSA) is 112 Å². The Labute approximate surface area is 177 Å². The van der Waals surface area contributed by atoms with Crippen molar-refractivity contribution in [2.75, 3.05) is 12.3 Å². The van der Waals surface area contributed by atoms with E-state index in [1.807, 2.05) is 30.3 Å². The van der Waals surface area contributed by atoms with Gasteiger partial charge in [-0.1, -0.05) is 42.1 Å². The maximum Gasteiger partial charge on any atom is 0.269 e. The Hall–Kier alpha value is -3.40. The number of carbonyl (C=O) groups is 1. The van der Waals surface area contributed by atoms with E-state index in [4.69, 9.17) is 4.74 Å². The predicted molar refractivity (Wildman–Crippen MR) is 112 cm³/mol. The molecule has 1 aromatic heterocycles. The summed E-state index contributed by atoms with van der Waals surface area (Å²) in [6.07, 6.45) is 0.783. The van der Waals surface area contributed by atoms with Crippen molar-refractivity contribution in [1.29, 1.82) is 0 Å². The first-order valence-corrected chi connectivity index (χ1v) is 10.2. The third kappa shape index (κ3) is 6.05. The number of thioether (sulfide) groups is 1. The quantitative estimate of drug-likeness (QED) is 0.301. The number of ether oxygens (including phenoxy) is 1. The lowest BCUT2D eigenvalue weighted by Gasteiger charge is -2.07. The molecule has 3 aromatic rings. The fourth-order valence-electron chi connectivity index (χ4n) is 2.58. The highest BCUT2D eigenvalue weighted by Crippen LogP contribution is 2.19. The molecule has 0 aliphatic carbocycles. The smallest absolute Gasteiger partial charge is 0.269 e. The van der Waals surface area contributed by atoms with E-state index in [-0.39, 0.29) is 24.0 Å². The van der Waals surface area contributed by atoms with Gasteiger partial charge in [0.1, 0.15) is 12.4 Å². The fourth-order valence-corrected chi connectivity index (χ4v) is 3.34. The van der Waals surface area contributed by atoms with E-state index in [1.165, 1.54) is 41.6 Å². The van der Waals surface area contributed by atoms with Crippen molar-refractivity contribution in [2.45, 2.75) is 18.2 Å². The Balaban J connectivity index is 1.43. The second-order valence-corrected chi connectivity index (χ2v) is 7.31. The number of nitro benzene ring substituents is 1. The highest BCUT2D eigenvalue weighted by Gasteiger charge is 2.12. The van der Waals surface area contributed by atoms with Crippen LogP contribution in [0.4, 0.5) is 5.69 Å². The van der Waals surface area contributed by atoms with E-state index in [0.717, 1.165) is 6.42 Å². The normalized spacial score (nSPS) is 10.6. The number of aromatic nitrogens is 3. The molecule has 1 heterocycles. The van der Waals surface area contributed by atoms with Gasteiger partial charge in [-0.2, -0.15) is 0 Å². The van der Waals surface area contributed by atoms with Crippen LogP contribution in [0, 0.1) is 10.1 Å². The van der Waals surface area contributed by atoms with Crippen molar-refractivity contribution in [3.63, 3.8) is 0 Å². The van der Waals surface area contributed by atoms with E-state index in [2.05, 4.69) is 15.5 Å². The van der Waals surface area contributed by atoms with Crippen molar-refractivity contribution in [3.05, 3.63) is 76.1 Å². The second-order valence-electron chi connectivity index (χ2n) is 6.37. The summed E-state index contributed by atoms with van der Waals surface area (Å²) >= 11 is 1.30. The van der Waals surface area contributed by atoms with Gasteiger partial charge in [-0.15, -0.1) is 10.2 Å². The van der Waals surface area contributed by atoms with Crippen LogP contribution < -0.4 is 10.1 Å². The number of nitrogens with zero attached hydrogens (tertiary/aromatic N) is 4. The first kappa shape index (κ1) is 21.3. The van der Waals surface area contributed by atoms with Gasteiger partial charge in [0.25, 0.3) is 5.69 Å². The molecule has 3 rings (SSSR count). The van der Waals surface area contributed by atoms with E-state index in [1.54, 1.807) is 11.6 Å². The monoisotopic (exact) mass is 427 g/mol. The highest BCUT2D eigenvalue weighted by atomic mass is 32.2. The van der Waals surface area contributed by atoms with Crippen LogP contribution in [0.3, 0.4) is 0 Å². The van der Waals surface area contributed by atoms with Gasteiger partial charge in [-0.25, -0.2) is 0 Å². The van der Waals surface area contributed by atoms with Crippen molar-refractivity contribution < 1.29 is 14.5 Å². The molecule has 156 valence electrons. The molecule has 9 nitrogen and oxygen atoms in total. The van der Waals surface area contributed by atoms with Crippen molar-refractivity contribution in [3.8, 4) is 5.75 Å². The van der Waals surface area contributed by atoms with E-state index in [0.29, 0.717) is 23.3 Å². The average Bonchev–Trinajstić information content (AvgIpc) is 3.11. The number of amides is 1. The van der Waals surface area contributed by atoms with Crippen LogP contribution in [-0.4, -0.2) is 37.9 Å². The largest absolute Gasteiger partial charge is 0.486 e. The van der Waals surface area contributed by atoms with Gasteiger partial charge in [-0.3, -0.25) is 14.9 Å². The van der Waals surface area contributed by atoms with Crippen LogP contribution in [0.1, 0.15) is 11.4 Å². The van der Waals surface area contributed by atoms with Crippen molar-refractivity contribution in [2.24, 2.45) is 7.05 Å². The molecule has 1 amide bonds. The Morgan fingerprint density at radius 2 is 1.90 bits per heavy atom. The van der Waals surface area contributed by atoms with Gasteiger partial charge in [0.15, 0.2) is 11.0 Å². The van der Waals surface area contributed by atoms with Gasteiger partial charge in [-0.05, 0) is 24.1 Å². The molecule has 0 spiro atoms. The summed E-state index contributed by atoms with van der Waals surface area (Å²) in [4.78, 5) is 22.3. The molecule has 0 fully saturated rings. The Morgan fingerprint density at radius 1 is 1.17 bits per heavy atom. The lowest BCUT2D eigenvalue weighted by molar-refractivity contribution is -0.384. The SMILES string of the molecule is Cn1c(COc2ccc([N+](=O)[O-])cc2)nnc1SCC(=O)NCCc1ccccc1. The Kier molecular flexibility index (Phi) is 7.39. The van der Waals surface area contributed by atoms with Gasteiger partial charge in [0.05, 0.1) is 10.7 Å². The maximum atomic E-state index is 12.0. The van der Waals surface area contributed by atoms with Gasteiger partial charge in [0, 0.05) is 25.7 Å². The first-order chi connectivity index (χ1) is 14.5. The third-order valence-corrected chi connectivity index (χ3v) is 5.27. The molecule has 0 radical (unpaired) electrons. The van der Waals surface area contributed by atoms with Crippen LogP contribution >= 0.6 is 11.8 Å². The van der Waals surface area contributed by atoms with Crippen molar-refractivity contribution in [1.82, 2.24) is 20.1 Å². The Bertz CT molecular complexity index is 992. The summed E-state index contributed by atoms with van der Waals surface area (Å²) in [5.41, 5.74) is 1.18.